The summed E-state index contributed by atoms with van der Waals surface area (Å²) in [4.78, 5) is 10.8. The lowest BCUT2D eigenvalue weighted by molar-refractivity contribution is -0.144. The van der Waals surface area contributed by atoms with Crippen LogP contribution in [-0.4, -0.2) is 41.0 Å². The predicted octanol–water partition coefficient (Wildman–Crippen LogP) is 2.31. The summed E-state index contributed by atoms with van der Waals surface area (Å²) in [6.07, 6.45) is -2.67. The maximum absolute atomic E-state index is 11.9. The smallest absolute Gasteiger partial charge is 0.389 e. The van der Waals surface area contributed by atoms with E-state index in [0.717, 1.165) is 0 Å². The van der Waals surface area contributed by atoms with E-state index in [-0.39, 0.29) is 12.3 Å². The van der Waals surface area contributed by atoms with E-state index in [2.05, 4.69) is 5.32 Å². The summed E-state index contributed by atoms with van der Waals surface area (Å²) >= 11 is 0. The second kappa shape index (κ2) is 7.26. The van der Waals surface area contributed by atoms with Gasteiger partial charge in [-0.2, -0.15) is 13.2 Å². The molecule has 0 radical (unpaired) electrons. The van der Waals surface area contributed by atoms with Crippen LogP contribution < -0.4 is 5.32 Å². The van der Waals surface area contributed by atoms with E-state index < -0.39 is 24.2 Å². The molecule has 1 saturated carbocycles. The number of aliphatic carboxylic acids is 1. The van der Waals surface area contributed by atoms with Crippen molar-refractivity contribution in [2.75, 3.05) is 13.1 Å². The van der Waals surface area contributed by atoms with Crippen molar-refractivity contribution in [3.63, 3.8) is 0 Å². The van der Waals surface area contributed by atoms with Crippen LogP contribution in [0.15, 0.2) is 0 Å². The summed E-state index contributed by atoms with van der Waals surface area (Å²) in [5, 5.41) is 22.0. The Morgan fingerprint density at radius 2 is 1.85 bits per heavy atom. The number of hydrogen-bond donors (Lipinski definition) is 3. The zero-order chi connectivity index (χ0) is 15.2. The average Bonchev–Trinajstić information content (AvgIpc) is 2.33. The minimum Gasteiger partial charge on any atom is -0.481 e. The summed E-state index contributed by atoms with van der Waals surface area (Å²) in [5.41, 5.74) is -0.921. The Morgan fingerprint density at radius 1 is 1.25 bits per heavy atom. The van der Waals surface area contributed by atoms with Gasteiger partial charge in [0.25, 0.3) is 0 Å². The Labute approximate surface area is 116 Å². The summed E-state index contributed by atoms with van der Waals surface area (Å²) in [7, 11) is 0. The highest BCUT2D eigenvalue weighted by molar-refractivity contribution is 5.70. The molecule has 1 aliphatic rings. The van der Waals surface area contributed by atoms with Gasteiger partial charge in [0.15, 0.2) is 0 Å². The van der Waals surface area contributed by atoms with E-state index in [1.165, 1.54) is 0 Å². The molecule has 118 valence electrons. The number of nitrogens with one attached hydrogen (secondary N) is 1. The highest BCUT2D eigenvalue weighted by Crippen LogP contribution is 2.31. The number of aliphatic hydroxyl groups is 1. The first-order valence-electron chi connectivity index (χ1n) is 6.94. The minimum atomic E-state index is -4.10. The Bertz CT molecular complexity index is 312. The highest BCUT2D eigenvalue weighted by atomic mass is 19.4. The van der Waals surface area contributed by atoms with Crippen molar-refractivity contribution in [3.05, 3.63) is 0 Å². The normalized spacial score (nSPS) is 27.5. The number of halogens is 3. The van der Waals surface area contributed by atoms with Crippen molar-refractivity contribution in [2.24, 2.45) is 5.92 Å². The molecule has 0 bridgehead atoms. The van der Waals surface area contributed by atoms with Crippen LogP contribution in [0.3, 0.4) is 0 Å². The predicted molar refractivity (Wildman–Crippen MR) is 67.3 cm³/mol. The van der Waals surface area contributed by atoms with Crippen molar-refractivity contribution >= 4 is 5.97 Å². The summed E-state index contributed by atoms with van der Waals surface area (Å²) in [6, 6.07) is 0. The van der Waals surface area contributed by atoms with Crippen LogP contribution in [0.2, 0.25) is 0 Å². The van der Waals surface area contributed by atoms with Crippen molar-refractivity contribution in [3.8, 4) is 0 Å². The fraction of sp³-hybridized carbons (Fsp3) is 0.923. The molecule has 0 aromatic heterocycles. The Kier molecular flexibility index (Phi) is 6.26. The maximum atomic E-state index is 11.9. The molecule has 20 heavy (non-hydrogen) atoms. The van der Waals surface area contributed by atoms with E-state index in [1.54, 1.807) is 0 Å². The topological polar surface area (TPSA) is 69.6 Å². The molecule has 0 aromatic rings. The van der Waals surface area contributed by atoms with E-state index in [9.17, 15) is 23.1 Å². The van der Waals surface area contributed by atoms with Crippen LogP contribution in [-0.2, 0) is 4.79 Å². The molecule has 4 nitrogen and oxygen atoms in total. The lowest BCUT2D eigenvalue weighted by atomic mass is 9.79. The number of carboxylic acid groups (broad SMARTS) is 1. The molecule has 0 aromatic carbocycles. The third-order valence-corrected chi connectivity index (χ3v) is 3.78. The van der Waals surface area contributed by atoms with Crippen molar-refractivity contribution in [1.29, 1.82) is 0 Å². The minimum absolute atomic E-state index is 0.0794. The van der Waals surface area contributed by atoms with Gasteiger partial charge in [-0.1, -0.05) is 0 Å². The van der Waals surface area contributed by atoms with Crippen LogP contribution in [0.4, 0.5) is 13.2 Å². The molecular weight excluding hydrogens is 275 g/mol. The third kappa shape index (κ3) is 6.56. The monoisotopic (exact) mass is 297 g/mol. The zero-order valence-electron chi connectivity index (χ0n) is 11.4. The summed E-state index contributed by atoms with van der Waals surface area (Å²) in [5.74, 6) is -1.21. The van der Waals surface area contributed by atoms with Gasteiger partial charge in [-0.15, -0.1) is 0 Å². The van der Waals surface area contributed by atoms with E-state index in [0.29, 0.717) is 45.2 Å². The Morgan fingerprint density at radius 3 is 2.35 bits per heavy atom. The van der Waals surface area contributed by atoms with Gasteiger partial charge in [-0.25, -0.2) is 0 Å². The van der Waals surface area contributed by atoms with Gasteiger partial charge < -0.3 is 15.5 Å². The van der Waals surface area contributed by atoms with E-state index in [1.807, 2.05) is 0 Å². The van der Waals surface area contributed by atoms with Gasteiger partial charge in [0.1, 0.15) is 0 Å². The third-order valence-electron chi connectivity index (χ3n) is 3.78. The second-order valence-electron chi connectivity index (χ2n) is 5.59. The number of carbonyl (C=O) groups is 1. The van der Waals surface area contributed by atoms with Crippen LogP contribution in [0.5, 0.6) is 0 Å². The fourth-order valence-corrected chi connectivity index (χ4v) is 2.48. The van der Waals surface area contributed by atoms with Gasteiger partial charge >= 0.3 is 12.1 Å². The van der Waals surface area contributed by atoms with Crippen molar-refractivity contribution < 1.29 is 28.2 Å². The molecule has 1 rings (SSSR count). The Balaban J connectivity index is 2.11. The number of unbranched alkanes of at least 4 members (excludes halogenated alkanes) is 1. The van der Waals surface area contributed by atoms with Gasteiger partial charge in [-0.3, -0.25) is 4.79 Å². The number of alkyl halides is 3. The number of hydrogen-bond acceptors (Lipinski definition) is 3. The first-order valence-corrected chi connectivity index (χ1v) is 6.94. The molecule has 7 heteroatoms. The van der Waals surface area contributed by atoms with Gasteiger partial charge in [0.05, 0.1) is 11.5 Å². The quantitative estimate of drug-likeness (QED) is 0.631. The van der Waals surface area contributed by atoms with Gasteiger partial charge in [-0.05, 0) is 45.1 Å². The molecule has 3 N–H and O–H groups in total. The first kappa shape index (κ1) is 17.2. The molecule has 0 saturated heterocycles. The summed E-state index contributed by atoms with van der Waals surface area (Å²) in [6.45, 7) is 0.742. The number of carboxylic acids is 1. The molecule has 1 fully saturated rings. The fourth-order valence-electron chi connectivity index (χ4n) is 2.48. The molecule has 0 amide bonds. The molecule has 0 unspecified atom stereocenters. The lowest BCUT2D eigenvalue weighted by Gasteiger charge is -2.34. The average molecular weight is 297 g/mol. The molecule has 0 aliphatic heterocycles. The van der Waals surface area contributed by atoms with Gasteiger partial charge in [0.2, 0.25) is 0 Å². The van der Waals surface area contributed by atoms with Crippen molar-refractivity contribution in [2.45, 2.75) is 56.7 Å². The van der Waals surface area contributed by atoms with Crippen LogP contribution >= 0.6 is 0 Å². The number of rotatable bonds is 7. The van der Waals surface area contributed by atoms with Crippen LogP contribution in [0.25, 0.3) is 0 Å². The summed E-state index contributed by atoms with van der Waals surface area (Å²) < 4.78 is 35.7. The van der Waals surface area contributed by atoms with E-state index in [4.69, 9.17) is 5.11 Å². The zero-order valence-corrected chi connectivity index (χ0v) is 11.4. The first-order chi connectivity index (χ1) is 9.22. The van der Waals surface area contributed by atoms with Crippen LogP contribution in [0.1, 0.15) is 44.9 Å². The van der Waals surface area contributed by atoms with Gasteiger partial charge in [0, 0.05) is 13.0 Å². The largest absolute Gasteiger partial charge is 0.481 e. The van der Waals surface area contributed by atoms with Crippen molar-refractivity contribution in [1.82, 2.24) is 5.32 Å². The second-order valence-corrected chi connectivity index (χ2v) is 5.59. The maximum Gasteiger partial charge on any atom is 0.389 e. The lowest BCUT2D eigenvalue weighted by Crippen LogP contribution is -2.44. The highest BCUT2D eigenvalue weighted by Gasteiger charge is 2.35. The molecule has 0 heterocycles. The molecule has 0 atom stereocenters. The van der Waals surface area contributed by atoms with Crippen LogP contribution in [0, 0.1) is 5.92 Å². The molecule has 0 spiro atoms. The standard InChI is InChI=1S/C13H22F3NO3/c14-13(15,16)5-1-2-8-17-9-12(20)6-3-10(4-7-12)11(18)19/h10,17,20H,1-9H2,(H,18,19). The molecule has 1 aliphatic carbocycles. The SMILES string of the molecule is O=C(O)C1CCC(O)(CNCCCCC(F)(F)F)CC1. The Hall–Kier alpha value is -0.820. The van der Waals surface area contributed by atoms with E-state index >= 15 is 0 Å². The molecular formula is C13H22F3NO3.